The van der Waals surface area contributed by atoms with Gasteiger partial charge in [-0.15, -0.1) is 0 Å². The number of aryl methyl sites for hydroxylation is 2. The fraction of sp³-hybridized carbons (Fsp3) is 0.300. The Balaban J connectivity index is 0.946. The fourth-order valence-electron chi connectivity index (χ4n) is 6.35. The van der Waals surface area contributed by atoms with Gasteiger partial charge < -0.3 is 4.74 Å². The first-order valence-electron chi connectivity index (χ1n) is 15.4. The van der Waals surface area contributed by atoms with E-state index >= 15 is 0 Å². The van der Waals surface area contributed by atoms with Crippen LogP contribution in [-0.2, 0) is 4.74 Å². The van der Waals surface area contributed by atoms with Crippen LogP contribution in [0.2, 0.25) is 0 Å². The minimum Gasteiger partial charge on any atom is -0.373 e. The zero-order valence-electron chi connectivity index (χ0n) is 24.6. The van der Waals surface area contributed by atoms with Gasteiger partial charge in [0.25, 0.3) is 0 Å². The van der Waals surface area contributed by atoms with Crippen molar-refractivity contribution in [2.45, 2.75) is 64.2 Å². The smallest absolute Gasteiger partial charge is 0.0681 e. The van der Waals surface area contributed by atoms with E-state index in [0.717, 1.165) is 38.9 Å². The monoisotopic (exact) mass is 538 g/mol. The molecule has 0 saturated heterocycles. The first-order valence-corrected chi connectivity index (χ1v) is 15.4. The Labute approximate surface area is 246 Å². The van der Waals surface area contributed by atoms with E-state index in [9.17, 15) is 0 Å². The second-order valence-electron chi connectivity index (χ2n) is 12.1. The summed E-state index contributed by atoms with van der Waals surface area (Å²) in [6, 6.07) is 36.1. The summed E-state index contributed by atoms with van der Waals surface area (Å²) in [6.45, 7) is 5.83. The zero-order chi connectivity index (χ0) is 28.0. The van der Waals surface area contributed by atoms with Gasteiger partial charge in [0.1, 0.15) is 0 Å². The van der Waals surface area contributed by atoms with E-state index in [-0.39, 0.29) is 0 Å². The topological polar surface area (TPSA) is 9.23 Å². The van der Waals surface area contributed by atoms with Gasteiger partial charge in [0.05, 0.1) is 13.2 Å². The van der Waals surface area contributed by atoms with E-state index in [1.807, 2.05) is 0 Å². The molecule has 4 aromatic carbocycles. The predicted molar refractivity (Wildman–Crippen MR) is 173 cm³/mol. The molecule has 0 radical (unpaired) electrons. The number of benzene rings is 4. The predicted octanol–water partition coefficient (Wildman–Crippen LogP) is 10.7. The summed E-state index contributed by atoms with van der Waals surface area (Å²) < 4.78 is 6.20. The summed E-state index contributed by atoms with van der Waals surface area (Å²) in [5, 5.41) is 0. The summed E-state index contributed by atoms with van der Waals surface area (Å²) >= 11 is 0. The van der Waals surface area contributed by atoms with Crippen LogP contribution in [0.25, 0.3) is 22.3 Å². The summed E-state index contributed by atoms with van der Waals surface area (Å²) in [5.74, 6) is 1.24. The van der Waals surface area contributed by atoms with Crippen LogP contribution in [-0.4, -0.2) is 13.2 Å². The summed E-state index contributed by atoms with van der Waals surface area (Å²) in [4.78, 5) is 0. The van der Waals surface area contributed by atoms with Crippen molar-refractivity contribution < 1.29 is 4.74 Å². The quantitative estimate of drug-likeness (QED) is 0.203. The molecule has 0 amide bonds. The Morgan fingerprint density at radius 3 is 1.15 bits per heavy atom. The van der Waals surface area contributed by atoms with Gasteiger partial charge in [0, 0.05) is 0 Å². The van der Waals surface area contributed by atoms with Gasteiger partial charge >= 0.3 is 0 Å². The molecule has 2 aliphatic rings. The maximum absolute atomic E-state index is 6.20. The molecular formula is C40H42O. The number of hydrogen-bond donors (Lipinski definition) is 0. The highest BCUT2D eigenvalue weighted by Crippen LogP contribution is 2.35. The highest BCUT2D eigenvalue weighted by atomic mass is 16.5. The van der Waals surface area contributed by atoms with E-state index in [2.05, 4.69) is 123 Å². The Bertz CT molecular complexity index is 1370. The molecule has 0 aromatic heterocycles. The molecule has 0 aliphatic heterocycles. The summed E-state index contributed by atoms with van der Waals surface area (Å²) in [5.41, 5.74) is 13.7. The fourth-order valence-corrected chi connectivity index (χ4v) is 6.35. The lowest BCUT2D eigenvalue weighted by molar-refractivity contribution is 0.172. The molecule has 4 aromatic rings. The molecule has 41 heavy (non-hydrogen) atoms. The normalized spacial score (nSPS) is 19.0. The van der Waals surface area contributed by atoms with E-state index in [1.54, 1.807) is 0 Å². The lowest BCUT2D eigenvalue weighted by Gasteiger charge is -2.24. The van der Waals surface area contributed by atoms with E-state index < -0.39 is 0 Å². The van der Waals surface area contributed by atoms with Crippen LogP contribution in [0.4, 0.5) is 0 Å². The third kappa shape index (κ3) is 6.97. The molecule has 2 aliphatic carbocycles. The molecule has 208 valence electrons. The summed E-state index contributed by atoms with van der Waals surface area (Å²) in [7, 11) is 0. The van der Waals surface area contributed by atoms with Crippen LogP contribution in [0.15, 0.2) is 120 Å². The van der Waals surface area contributed by atoms with Gasteiger partial charge in [0.15, 0.2) is 0 Å². The van der Waals surface area contributed by atoms with Gasteiger partial charge in [-0.3, -0.25) is 0 Å². The molecule has 1 nitrogen and oxygen atoms in total. The van der Waals surface area contributed by atoms with Gasteiger partial charge in [-0.1, -0.05) is 120 Å². The van der Waals surface area contributed by atoms with Crippen molar-refractivity contribution in [1.82, 2.24) is 0 Å². The van der Waals surface area contributed by atoms with Crippen LogP contribution < -0.4 is 0 Å². The minimum absolute atomic E-state index is 0.620. The maximum atomic E-state index is 6.20. The first kappa shape index (κ1) is 27.5. The molecule has 0 bridgehead atoms. The molecule has 0 heterocycles. The second-order valence-corrected chi connectivity index (χ2v) is 12.1. The minimum atomic E-state index is 0.620. The maximum Gasteiger partial charge on any atom is 0.0681 e. The third-order valence-electron chi connectivity index (χ3n) is 9.12. The average Bonchev–Trinajstić information content (AvgIpc) is 3.03. The number of rotatable bonds is 8. The number of hydrogen-bond acceptors (Lipinski definition) is 1. The van der Waals surface area contributed by atoms with Crippen molar-refractivity contribution >= 4 is 0 Å². The second kappa shape index (κ2) is 12.9. The lowest BCUT2D eigenvalue weighted by Crippen LogP contribution is -2.11. The van der Waals surface area contributed by atoms with E-state index in [4.69, 9.17) is 4.74 Å². The molecule has 0 N–H and O–H groups in total. The van der Waals surface area contributed by atoms with Crippen molar-refractivity contribution in [2.24, 2.45) is 0 Å². The van der Waals surface area contributed by atoms with Crippen LogP contribution >= 0.6 is 0 Å². The van der Waals surface area contributed by atoms with E-state index in [0.29, 0.717) is 11.8 Å². The summed E-state index contributed by atoms with van der Waals surface area (Å²) in [6.07, 6.45) is 11.8. The molecular weight excluding hydrogens is 496 g/mol. The Hall–Kier alpha value is -3.68. The molecule has 2 atom stereocenters. The molecule has 0 fully saturated rings. The van der Waals surface area contributed by atoms with Crippen LogP contribution in [0.5, 0.6) is 0 Å². The first-order chi connectivity index (χ1) is 20.1. The standard InChI is InChI=1S/C40H42O/c1-29-3-11-33(12-4-29)37-19-23-39(24-20-37)35-15-7-31(8-16-35)27-41-28-32-9-17-36(18-10-32)40-25-21-38(22-26-40)34-13-5-30(2)6-14-34/h3-7,9,11-14,19-26,35-36H,8,10,15-18,27-28H2,1-2H3. The molecule has 1 heteroatoms. The van der Waals surface area contributed by atoms with Crippen molar-refractivity contribution in [3.63, 3.8) is 0 Å². The van der Waals surface area contributed by atoms with Crippen molar-refractivity contribution in [3.8, 4) is 22.3 Å². The highest BCUT2D eigenvalue weighted by molar-refractivity contribution is 5.65. The molecule has 0 spiro atoms. The Morgan fingerprint density at radius 1 is 0.488 bits per heavy atom. The number of allylic oxidation sites excluding steroid dienone is 2. The zero-order valence-corrected chi connectivity index (χ0v) is 24.6. The molecule has 2 unspecified atom stereocenters. The van der Waals surface area contributed by atoms with Gasteiger partial charge in [0.2, 0.25) is 0 Å². The van der Waals surface area contributed by atoms with Crippen molar-refractivity contribution in [3.05, 3.63) is 143 Å². The van der Waals surface area contributed by atoms with Crippen LogP contribution in [0.1, 0.15) is 72.6 Å². The molecule has 6 rings (SSSR count). The number of ether oxygens (including phenoxy) is 1. The Kier molecular flexibility index (Phi) is 8.63. The molecule has 0 saturated carbocycles. The van der Waals surface area contributed by atoms with Crippen molar-refractivity contribution in [1.29, 1.82) is 0 Å². The third-order valence-corrected chi connectivity index (χ3v) is 9.12. The van der Waals surface area contributed by atoms with Gasteiger partial charge in [-0.2, -0.15) is 0 Å². The Morgan fingerprint density at radius 2 is 0.829 bits per heavy atom. The van der Waals surface area contributed by atoms with E-state index in [1.165, 1.54) is 68.5 Å². The van der Waals surface area contributed by atoms with Crippen LogP contribution in [0, 0.1) is 13.8 Å². The van der Waals surface area contributed by atoms with Crippen LogP contribution in [0.3, 0.4) is 0 Å². The lowest BCUT2D eigenvalue weighted by atomic mass is 9.84. The highest BCUT2D eigenvalue weighted by Gasteiger charge is 2.19. The average molecular weight is 539 g/mol. The van der Waals surface area contributed by atoms with Gasteiger partial charge in [-0.25, -0.2) is 0 Å². The SMILES string of the molecule is Cc1ccc(-c2ccc(C3CC=C(COCC4=CCC(c5ccc(-c6ccc(C)cc6)cc5)CC4)CC3)cc2)cc1. The van der Waals surface area contributed by atoms with Crippen molar-refractivity contribution in [2.75, 3.05) is 13.2 Å². The van der Waals surface area contributed by atoms with Gasteiger partial charge in [-0.05, 0) is 109 Å². The largest absolute Gasteiger partial charge is 0.373 e.